The Morgan fingerprint density at radius 2 is 2.00 bits per heavy atom. The maximum Gasteiger partial charge on any atom is 0.270 e. The van der Waals surface area contributed by atoms with Crippen LogP contribution in [0.1, 0.15) is 10.5 Å². The molecule has 1 atom stereocenters. The van der Waals surface area contributed by atoms with E-state index in [0.29, 0.717) is 30.7 Å². The summed E-state index contributed by atoms with van der Waals surface area (Å²) in [5.74, 6) is -0.526. The monoisotopic (exact) mass is 332 g/mol. The summed E-state index contributed by atoms with van der Waals surface area (Å²) in [5, 5.41) is 0.661. The molecule has 0 radical (unpaired) electrons. The van der Waals surface area contributed by atoms with Gasteiger partial charge in [-0.3, -0.25) is 14.5 Å². The molecule has 0 spiro atoms. The lowest BCUT2D eigenvalue weighted by Gasteiger charge is -2.39. The van der Waals surface area contributed by atoms with Gasteiger partial charge >= 0.3 is 0 Å². The van der Waals surface area contributed by atoms with Gasteiger partial charge in [0.2, 0.25) is 5.91 Å². The van der Waals surface area contributed by atoms with E-state index in [1.54, 1.807) is 36.0 Å². The Morgan fingerprint density at radius 1 is 1.25 bits per heavy atom. The molecule has 2 heterocycles. The SMILES string of the molecule is CN(C)C(=O)[C@@H]1CN(C(=O)c2cc3cc(F)ccc3[nH]2)CCN1C. The minimum Gasteiger partial charge on any atom is -0.351 e. The molecule has 1 aliphatic heterocycles. The molecule has 1 aromatic carbocycles. The number of nitrogens with zero attached hydrogens (tertiary/aromatic N) is 3. The largest absolute Gasteiger partial charge is 0.351 e. The maximum absolute atomic E-state index is 13.3. The minimum atomic E-state index is -0.348. The van der Waals surface area contributed by atoms with Crippen molar-refractivity contribution in [3.05, 3.63) is 35.8 Å². The fourth-order valence-electron chi connectivity index (χ4n) is 3.01. The molecule has 7 heteroatoms. The summed E-state index contributed by atoms with van der Waals surface area (Å²) in [4.78, 5) is 33.3. The first-order valence-electron chi connectivity index (χ1n) is 7.86. The van der Waals surface area contributed by atoms with Crippen LogP contribution in [0.15, 0.2) is 24.3 Å². The average Bonchev–Trinajstić information content (AvgIpc) is 2.97. The van der Waals surface area contributed by atoms with E-state index >= 15 is 0 Å². The average molecular weight is 332 g/mol. The third-order valence-corrected chi connectivity index (χ3v) is 4.47. The Labute approximate surface area is 139 Å². The molecule has 0 aliphatic carbocycles. The van der Waals surface area contributed by atoms with E-state index in [2.05, 4.69) is 4.98 Å². The molecular weight excluding hydrogens is 311 g/mol. The molecule has 128 valence electrons. The van der Waals surface area contributed by atoms with E-state index in [4.69, 9.17) is 0 Å². The van der Waals surface area contributed by atoms with Crippen molar-refractivity contribution in [3.63, 3.8) is 0 Å². The van der Waals surface area contributed by atoms with Crippen LogP contribution in [0.4, 0.5) is 4.39 Å². The Kier molecular flexibility index (Phi) is 4.28. The predicted molar refractivity (Wildman–Crippen MR) is 89.3 cm³/mol. The lowest BCUT2D eigenvalue weighted by Crippen LogP contribution is -2.58. The van der Waals surface area contributed by atoms with Gasteiger partial charge < -0.3 is 14.8 Å². The standard InChI is InChI=1S/C17H21FN4O2/c1-20(2)17(24)15-10-22(7-6-21(15)3)16(23)14-9-11-8-12(18)4-5-13(11)19-14/h4-5,8-9,15,19H,6-7,10H2,1-3H3/t15-/m0/s1. The quantitative estimate of drug-likeness (QED) is 0.897. The third kappa shape index (κ3) is 2.99. The highest BCUT2D eigenvalue weighted by Crippen LogP contribution is 2.19. The van der Waals surface area contributed by atoms with Crippen molar-refractivity contribution in [2.24, 2.45) is 0 Å². The first kappa shape index (κ1) is 16.4. The van der Waals surface area contributed by atoms with Crippen molar-refractivity contribution in [1.82, 2.24) is 19.7 Å². The van der Waals surface area contributed by atoms with Gasteiger partial charge in [-0.05, 0) is 31.3 Å². The van der Waals surface area contributed by atoms with Gasteiger partial charge in [0.25, 0.3) is 5.91 Å². The number of fused-ring (bicyclic) bond motifs is 1. The number of aromatic nitrogens is 1. The molecule has 1 fully saturated rings. The number of hydrogen-bond donors (Lipinski definition) is 1. The Hall–Kier alpha value is -2.41. The van der Waals surface area contributed by atoms with E-state index in [1.165, 1.54) is 12.1 Å². The van der Waals surface area contributed by atoms with Crippen LogP contribution in [0.5, 0.6) is 0 Å². The summed E-state index contributed by atoms with van der Waals surface area (Å²) in [6, 6.07) is 5.67. The molecule has 0 unspecified atom stereocenters. The molecule has 1 N–H and O–H groups in total. The fraction of sp³-hybridized carbons (Fsp3) is 0.412. The topological polar surface area (TPSA) is 59.7 Å². The second-order valence-corrected chi connectivity index (χ2v) is 6.39. The molecule has 1 aliphatic rings. The van der Waals surface area contributed by atoms with Crippen molar-refractivity contribution in [2.45, 2.75) is 6.04 Å². The van der Waals surface area contributed by atoms with Gasteiger partial charge in [0.1, 0.15) is 17.6 Å². The summed E-state index contributed by atoms with van der Waals surface area (Å²) >= 11 is 0. The van der Waals surface area contributed by atoms with E-state index < -0.39 is 0 Å². The van der Waals surface area contributed by atoms with E-state index in [1.807, 2.05) is 11.9 Å². The van der Waals surface area contributed by atoms with Gasteiger partial charge in [0.15, 0.2) is 0 Å². The number of carbonyl (C=O) groups is 2. The first-order chi connectivity index (χ1) is 11.4. The van der Waals surface area contributed by atoms with Gasteiger partial charge in [-0.2, -0.15) is 0 Å². The zero-order chi connectivity index (χ0) is 17.4. The Morgan fingerprint density at radius 3 is 2.71 bits per heavy atom. The van der Waals surface area contributed by atoms with Crippen LogP contribution in [0.25, 0.3) is 10.9 Å². The second-order valence-electron chi connectivity index (χ2n) is 6.39. The maximum atomic E-state index is 13.3. The summed E-state index contributed by atoms with van der Waals surface area (Å²) in [7, 11) is 5.31. The van der Waals surface area contributed by atoms with Crippen LogP contribution >= 0.6 is 0 Å². The number of benzene rings is 1. The zero-order valence-electron chi connectivity index (χ0n) is 14.0. The number of aromatic amines is 1. The van der Waals surface area contributed by atoms with Crippen LogP contribution in [0, 0.1) is 5.82 Å². The fourth-order valence-corrected chi connectivity index (χ4v) is 3.01. The lowest BCUT2D eigenvalue weighted by atomic mass is 10.1. The number of hydrogen-bond acceptors (Lipinski definition) is 3. The summed E-state index contributed by atoms with van der Waals surface area (Å²) in [6.45, 7) is 1.52. The van der Waals surface area contributed by atoms with Crippen molar-refractivity contribution in [1.29, 1.82) is 0 Å². The zero-order valence-corrected chi connectivity index (χ0v) is 14.0. The molecule has 2 amide bonds. The van der Waals surface area contributed by atoms with E-state index in [0.717, 1.165) is 5.52 Å². The third-order valence-electron chi connectivity index (χ3n) is 4.47. The highest BCUT2D eigenvalue weighted by molar-refractivity contribution is 5.98. The first-order valence-corrected chi connectivity index (χ1v) is 7.86. The molecule has 6 nitrogen and oxygen atoms in total. The van der Waals surface area contributed by atoms with Crippen LogP contribution in [-0.4, -0.2) is 78.3 Å². The van der Waals surface area contributed by atoms with Crippen molar-refractivity contribution >= 4 is 22.7 Å². The van der Waals surface area contributed by atoms with Crippen LogP contribution in [0.3, 0.4) is 0 Å². The molecule has 0 saturated carbocycles. The van der Waals surface area contributed by atoms with Gasteiger partial charge in [-0.15, -0.1) is 0 Å². The number of H-pyrrole nitrogens is 1. The number of piperazine rings is 1. The highest BCUT2D eigenvalue weighted by Gasteiger charge is 2.33. The number of halogens is 1. The number of likely N-dealkylation sites (N-methyl/N-ethyl adjacent to an activating group) is 2. The van der Waals surface area contributed by atoms with Crippen molar-refractivity contribution < 1.29 is 14.0 Å². The Bertz CT molecular complexity index is 786. The lowest BCUT2D eigenvalue weighted by molar-refractivity contribution is -0.135. The molecule has 3 rings (SSSR count). The molecule has 2 aromatic rings. The van der Waals surface area contributed by atoms with Gasteiger partial charge in [0, 0.05) is 44.6 Å². The van der Waals surface area contributed by atoms with Crippen LogP contribution < -0.4 is 0 Å². The van der Waals surface area contributed by atoms with E-state index in [9.17, 15) is 14.0 Å². The minimum absolute atomic E-state index is 0.0197. The number of nitrogens with one attached hydrogen (secondary N) is 1. The van der Waals surface area contributed by atoms with Gasteiger partial charge in [-0.25, -0.2) is 4.39 Å². The summed E-state index contributed by atoms with van der Waals surface area (Å²) < 4.78 is 13.3. The molecular formula is C17H21FN4O2. The Balaban J connectivity index is 1.82. The van der Waals surface area contributed by atoms with Crippen LogP contribution in [0.2, 0.25) is 0 Å². The van der Waals surface area contributed by atoms with Gasteiger partial charge in [0.05, 0.1) is 0 Å². The van der Waals surface area contributed by atoms with Crippen molar-refractivity contribution in [2.75, 3.05) is 40.8 Å². The molecule has 1 saturated heterocycles. The number of carbonyl (C=O) groups excluding carboxylic acids is 2. The smallest absolute Gasteiger partial charge is 0.270 e. The van der Waals surface area contributed by atoms with E-state index in [-0.39, 0.29) is 23.7 Å². The number of amides is 2. The number of rotatable bonds is 2. The summed E-state index contributed by atoms with van der Waals surface area (Å²) in [5.41, 5.74) is 1.13. The summed E-state index contributed by atoms with van der Waals surface area (Å²) in [6.07, 6.45) is 0. The van der Waals surface area contributed by atoms with Gasteiger partial charge in [-0.1, -0.05) is 0 Å². The molecule has 24 heavy (non-hydrogen) atoms. The van der Waals surface area contributed by atoms with Crippen molar-refractivity contribution in [3.8, 4) is 0 Å². The van der Waals surface area contributed by atoms with Crippen LogP contribution in [-0.2, 0) is 4.79 Å². The second kappa shape index (κ2) is 6.24. The molecule has 0 bridgehead atoms. The predicted octanol–water partition coefficient (Wildman–Crippen LogP) is 1.15. The highest BCUT2D eigenvalue weighted by atomic mass is 19.1. The molecule has 1 aromatic heterocycles. The normalized spacial score (nSPS) is 18.8.